The normalized spacial score (nSPS) is 12.0. The molecular formula is C34H46N2O7. The first-order valence-corrected chi connectivity index (χ1v) is 14.8. The molecule has 2 aromatic carbocycles. The van der Waals surface area contributed by atoms with Crippen LogP contribution in [-0.2, 0) is 36.9 Å². The van der Waals surface area contributed by atoms with Crippen LogP contribution in [0.25, 0.3) is 0 Å². The lowest BCUT2D eigenvalue weighted by molar-refractivity contribution is -0.145. The Labute approximate surface area is 255 Å². The molecule has 2 amide bonds. The second kappa shape index (κ2) is 21.7. The molecule has 0 bridgehead atoms. The summed E-state index contributed by atoms with van der Waals surface area (Å²) in [6, 6.07) is 17.0. The van der Waals surface area contributed by atoms with Gasteiger partial charge in [-0.3, -0.25) is 14.4 Å². The van der Waals surface area contributed by atoms with E-state index in [0.717, 1.165) is 29.7 Å². The van der Waals surface area contributed by atoms with Crippen molar-refractivity contribution in [2.24, 2.45) is 5.92 Å². The number of benzene rings is 2. The van der Waals surface area contributed by atoms with Crippen LogP contribution >= 0.6 is 0 Å². The fourth-order valence-corrected chi connectivity index (χ4v) is 4.25. The first kappa shape index (κ1) is 35.2. The van der Waals surface area contributed by atoms with Gasteiger partial charge in [-0.05, 0) is 55.4 Å². The van der Waals surface area contributed by atoms with Crippen LogP contribution < -0.4 is 15.4 Å². The van der Waals surface area contributed by atoms with Gasteiger partial charge in [0.25, 0.3) is 0 Å². The van der Waals surface area contributed by atoms with E-state index in [9.17, 15) is 14.4 Å². The minimum atomic E-state index is -0.637. The maximum atomic E-state index is 13.3. The fourth-order valence-electron chi connectivity index (χ4n) is 4.25. The summed E-state index contributed by atoms with van der Waals surface area (Å²) >= 11 is 0. The number of carbonyl (C=O) groups is 3. The van der Waals surface area contributed by atoms with Gasteiger partial charge < -0.3 is 30.0 Å². The number of rotatable bonds is 23. The number of hydrogen-bond donors (Lipinski definition) is 3. The van der Waals surface area contributed by atoms with Gasteiger partial charge in [0.15, 0.2) is 0 Å². The average molecular weight is 595 g/mol. The van der Waals surface area contributed by atoms with Gasteiger partial charge in [-0.25, -0.2) is 0 Å². The van der Waals surface area contributed by atoms with Crippen LogP contribution in [0.2, 0.25) is 0 Å². The summed E-state index contributed by atoms with van der Waals surface area (Å²) < 4.78 is 16.6. The highest BCUT2D eigenvalue weighted by Crippen LogP contribution is 2.17. The molecular weight excluding hydrogens is 548 g/mol. The second-order valence-electron chi connectivity index (χ2n) is 10.2. The quantitative estimate of drug-likeness (QED) is 0.0997. The van der Waals surface area contributed by atoms with Crippen LogP contribution in [0, 0.1) is 5.92 Å². The van der Waals surface area contributed by atoms with Gasteiger partial charge in [0.2, 0.25) is 11.8 Å². The zero-order valence-electron chi connectivity index (χ0n) is 25.0. The Morgan fingerprint density at radius 2 is 1.70 bits per heavy atom. The van der Waals surface area contributed by atoms with Crippen LogP contribution in [0.15, 0.2) is 79.9 Å². The lowest BCUT2D eigenvalue weighted by Crippen LogP contribution is -2.44. The minimum Gasteiger partial charge on any atom is -0.489 e. The lowest BCUT2D eigenvalue weighted by atomic mass is 9.98. The molecule has 234 valence electrons. The zero-order valence-corrected chi connectivity index (χ0v) is 25.0. The maximum absolute atomic E-state index is 13.3. The van der Waals surface area contributed by atoms with E-state index in [1.165, 1.54) is 0 Å². The summed E-state index contributed by atoms with van der Waals surface area (Å²) in [6.07, 6.45) is 6.82. The van der Waals surface area contributed by atoms with Crippen LogP contribution in [0.5, 0.6) is 5.75 Å². The molecule has 2 unspecified atom stereocenters. The topological polar surface area (TPSA) is 123 Å². The number of nitrogens with one attached hydrogen (secondary N) is 2. The summed E-state index contributed by atoms with van der Waals surface area (Å²) in [7, 11) is 0. The molecule has 0 spiro atoms. The summed E-state index contributed by atoms with van der Waals surface area (Å²) in [5.41, 5.74) is 2.00. The van der Waals surface area contributed by atoms with Crippen LogP contribution in [0.4, 0.5) is 0 Å². The Bertz CT molecular complexity index is 1110. The van der Waals surface area contributed by atoms with Crippen molar-refractivity contribution in [3.8, 4) is 5.75 Å². The summed E-state index contributed by atoms with van der Waals surface area (Å²) in [5, 5.41) is 14.5. The van der Waals surface area contributed by atoms with Gasteiger partial charge in [-0.2, -0.15) is 0 Å². The van der Waals surface area contributed by atoms with Crippen molar-refractivity contribution >= 4 is 17.8 Å². The molecule has 2 rings (SSSR count). The van der Waals surface area contributed by atoms with E-state index in [4.69, 9.17) is 19.3 Å². The molecule has 0 fully saturated rings. The molecule has 0 aromatic heterocycles. The van der Waals surface area contributed by atoms with E-state index in [1.54, 1.807) is 6.08 Å². The largest absolute Gasteiger partial charge is 0.489 e. The SMILES string of the molecule is C=CCCCCC(=O)OCC(Cc1ccc(OCc2ccccc2)cc1)NC(=O)C(CC=C)CC(=O)NCCOCCO. The first-order chi connectivity index (χ1) is 20.9. The number of allylic oxidation sites excluding steroid dienone is 2. The number of unbranched alkanes of at least 4 members (excludes halogenated alkanes) is 2. The van der Waals surface area contributed by atoms with Crippen molar-refractivity contribution in [1.82, 2.24) is 10.6 Å². The van der Waals surface area contributed by atoms with Gasteiger partial charge in [-0.1, -0.05) is 54.6 Å². The van der Waals surface area contributed by atoms with E-state index >= 15 is 0 Å². The van der Waals surface area contributed by atoms with Crippen molar-refractivity contribution in [2.45, 2.75) is 57.6 Å². The number of hydrogen-bond acceptors (Lipinski definition) is 7. The third kappa shape index (κ3) is 15.7. The molecule has 0 radical (unpaired) electrons. The van der Waals surface area contributed by atoms with Gasteiger partial charge in [0.1, 0.15) is 19.0 Å². The predicted molar refractivity (Wildman–Crippen MR) is 166 cm³/mol. The van der Waals surface area contributed by atoms with Crippen molar-refractivity contribution in [3.63, 3.8) is 0 Å². The summed E-state index contributed by atoms with van der Waals surface area (Å²) in [6.45, 7) is 8.54. The molecule has 0 saturated carbocycles. The average Bonchev–Trinajstić information content (AvgIpc) is 3.01. The Hall–Kier alpha value is -3.95. The number of amides is 2. The van der Waals surface area contributed by atoms with E-state index in [2.05, 4.69) is 23.8 Å². The molecule has 9 nitrogen and oxygen atoms in total. The lowest BCUT2D eigenvalue weighted by Gasteiger charge is -2.22. The van der Waals surface area contributed by atoms with Crippen LogP contribution in [-0.4, -0.2) is 61.9 Å². The van der Waals surface area contributed by atoms with E-state index in [0.29, 0.717) is 32.3 Å². The van der Waals surface area contributed by atoms with Gasteiger partial charge in [0, 0.05) is 19.4 Å². The monoisotopic (exact) mass is 594 g/mol. The number of aliphatic hydroxyl groups is 1. The minimum absolute atomic E-state index is 0.00743. The van der Waals surface area contributed by atoms with Crippen LogP contribution in [0.3, 0.4) is 0 Å². The second-order valence-corrected chi connectivity index (χ2v) is 10.2. The molecule has 0 heterocycles. The molecule has 3 N–H and O–H groups in total. The molecule has 2 atom stereocenters. The predicted octanol–water partition coefficient (Wildman–Crippen LogP) is 4.29. The van der Waals surface area contributed by atoms with Gasteiger partial charge in [-0.15, -0.1) is 13.2 Å². The van der Waals surface area contributed by atoms with Gasteiger partial charge >= 0.3 is 5.97 Å². The van der Waals surface area contributed by atoms with Crippen LogP contribution in [0.1, 0.15) is 49.7 Å². The van der Waals surface area contributed by atoms with E-state index in [1.807, 2.05) is 60.7 Å². The summed E-state index contributed by atoms with van der Waals surface area (Å²) in [4.78, 5) is 38.1. The number of ether oxygens (including phenoxy) is 3. The standard InChI is InChI=1S/C34H46N2O7/c1-3-5-6-10-14-33(39)43-26-30(23-27-15-17-31(18-16-27)42-25-28-12-8-7-9-13-28)36-34(40)29(11-4-2)24-32(38)35-19-21-41-22-20-37/h3-4,7-9,12-13,15-18,29-30,37H,1-2,5-6,10-11,14,19-26H2,(H,35,38)(H,36,40). The first-order valence-electron chi connectivity index (χ1n) is 14.8. The van der Waals surface area contributed by atoms with E-state index < -0.39 is 12.0 Å². The fraction of sp³-hybridized carbons (Fsp3) is 0.441. The maximum Gasteiger partial charge on any atom is 0.305 e. The molecule has 0 aliphatic rings. The third-order valence-corrected chi connectivity index (χ3v) is 6.54. The number of aliphatic hydroxyl groups excluding tert-OH is 1. The third-order valence-electron chi connectivity index (χ3n) is 6.54. The Morgan fingerprint density at radius 3 is 2.40 bits per heavy atom. The smallest absolute Gasteiger partial charge is 0.305 e. The van der Waals surface area contributed by atoms with Gasteiger partial charge in [0.05, 0.1) is 31.8 Å². The van der Waals surface area contributed by atoms with Crippen molar-refractivity contribution in [1.29, 1.82) is 0 Å². The van der Waals surface area contributed by atoms with E-state index in [-0.39, 0.29) is 57.2 Å². The molecule has 0 aliphatic carbocycles. The molecule has 0 aliphatic heterocycles. The molecule has 0 saturated heterocycles. The summed E-state index contributed by atoms with van der Waals surface area (Å²) in [5.74, 6) is -0.845. The van der Waals surface area contributed by atoms with Crippen molar-refractivity contribution in [2.75, 3.05) is 33.0 Å². The molecule has 2 aromatic rings. The zero-order chi connectivity index (χ0) is 31.1. The Kier molecular flexibility index (Phi) is 17.8. The van der Waals surface area contributed by atoms with Crippen molar-refractivity contribution in [3.05, 3.63) is 91.0 Å². The highest BCUT2D eigenvalue weighted by molar-refractivity contribution is 5.86. The Balaban J connectivity index is 2.00. The molecule has 43 heavy (non-hydrogen) atoms. The Morgan fingerprint density at radius 1 is 0.930 bits per heavy atom. The highest BCUT2D eigenvalue weighted by Gasteiger charge is 2.24. The van der Waals surface area contributed by atoms with Crippen molar-refractivity contribution < 1.29 is 33.7 Å². The number of esters is 1. The highest BCUT2D eigenvalue weighted by atomic mass is 16.5. The number of carbonyl (C=O) groups excluding carboxylic acids is 3. The molecule has 9 heteroatoms.